The van der Waals surface area contributed by atoms with E-state index in [4.69, 9.17) is 4.74 Å². The highest BCUT2D eigenvalue weighted by molar-refractivity contribution is 5.91. The highest BCUT2D eigenvalue weighted by Crippen LogP contribution is 2.23. The number of non-ortho nitro benzene ring substituents is 1. The summed E-state index contributed by atoms with van der Waals surface area (Å²) in [5.74, 6) is -0.389. The maximum absolute atomic E-state index is 12.1. The zero-order valence-electron chi connectivity index (χ0n) is 12.7. The van der Waals surface area contributed by atoms with E-state index in [-0.39, 0.29) is 16.9 Å². The van der Waals surface area contributed by atoms with Gasteiger partial charge in [0.15, 0.2) is 0 Å². The average molecular weight is 299 g/mol. The fourth-order valence-corrected chi connectivity index (χ4v) is 1.93. The lowest BCUT2D eigenvalue weighted by molar-refractivity contribution is -0.384. The summed E-state index contributed by atoms with van der Waals surface area (Å²) in [6.45, 7) is 6.26. The molecular weight excluding hydrogens is 282 g/mol. The number of ether oxygens (including phenoxy) is 1. The van der Waals surface area contributed by atoms with Crippen LogP contribution in [0.4, 0.5) is 5.69 Å². The van der Waals surface area contributed by atoms with Crippen molar-refractivity contribution in [3.8, 4) is 5.75 Å². The first-order chi connectivity index (χ1) is 10.3. The second-order valence-corrected chi connectivity index (χ2v) is 5.97. The molecule has 0 heterocycles. The van der Waals surface area contributed by atoms with Gasteiger partial charge >= 0.3 is 5.97 Å². The van der Waals surface area contributed by atoms with Crippen molar-refractivity contribution in [1.82, 2.24) is 0 Å². The number of nitro benzene ring substituents is 1. The molecule has 2 aromatic rings. The quantitative estimate of drug-likeness (QED) is 0.370. The summed E-state index contributed by atoms with van der Waals surface area (Å²) in [7, 11) is 0. The molecule has 0 atom stereocenters. The number of nitrogens with zero attached hydrogens (tertiary/aromatic N) is 1. The van der Waals surface area contributed by atoms with Crippen molar-refractivity contribution in [3.63, 3.8) is 0 Å². The molecule has 2 aromatic carbocycles. The smallest absolute Gasteiger partial charge is 0.343 e. The maximum Gasteiger partial charge on any atom is 0.343 e. The van der Waals surface area contributed by atoms with Crippen molar-refractivity contribution in [1.29, 1.82) is 0 Å². The first-order valence-electron chi connectivity index (χ1n) is 6.84. The van der Waals surface area contributed by atoms with E-state index in [9.17, 15) is 14.9 Å². The van der Waals surface area contributed by atoms with Gasteiger partial charge < -0.3 is 4.74 Å². The molecule has 0 amide bonds. The lowest BCUT2D eigenvalue weighted by Crippen LogP contribution is -2.13. The van der Waals surface area contributed by atoms with Gasteiger partial charge in [-0.3, -0.25) is 10.1 Å². The second-order valence-electron chi connectivity index (χ2n) is 5.97. The molecule has 22 heavy (non-hydrogen) atoms. The zero-order valence-corrected chi connectivity index (χ0v) is 12.7. The van der Waals surface area contributed by atoms with Crippen molar-refractivity contribution in [2.75, 3.05) is 0 Å². The van der Waals surface area contributed by atoms with Crippen LogP contribution in [0.25, 0.3) is 0 Å². The van der Waals surface area contributed by atoms with Gasteiger partial charge in [0.2, 0.25) is 0 Å². The van der Waals surface area contributed by atoms with Gasteiger partial charge in [0.1, 0.15) is 5.75 Å². The molecule has 0 spiro atoms. The van der Waals surface area contributed by atoms with Crippen LogP contribution in [-0.2, 0) is 5.41 Å². The molecule has 0 aliphatic heterocycles. The van der Waals surface area contributed by atoms with Gasteiger partial charge in [-0.05, 0) is 29.2 Å². The number of rotatable bonds is 3. The summed E-state index contributed by atoms with van der Waals surface area (Å²) in [6.07, 6.45) is 0. The highest BCUT2D eigenvalue weighted by atomic mass is 16.6. The molecule has 0 aliphatic rings. The Morgan fingerprint density at radius 3 is 2.27 bits per heavy atom. The normalized spacial score (nSPS) is 11.0. The van der Waals surface area contributed by atoms with Gasteiger partial charge in [-0.2, -0.15) is 0 Å². The average Bonchev–Trinajstić information content (AvgIpc) is 2.46. The van der Waals surface area contributed by atoms with E-state index in [0.717, 1.165) is 5.56 Å². The van der Waals surface area contributed by atoms with Gasteiger partial charge in [0, 0.05) is 6.07 Å². The van der Waals surface area contributed by atoms with Crippen LogP contribution < -0.4 is 4.74 Å². The molecule has 0 saturated carbocycles. The molecule has 114 valence electrons. The Labute approximate surface area is 128 Å². The minimum Gasteiger partial charge on any atom is -0.423 e. The summed E-state index contributed by atoms with van der Waals surface area (Å²) >= 11 is 0. The standard InChI is InChI=1S/C17H17NO4/c1-17(2,3)13-9-7-12(8-10-13)16(19)22-15-6-4-5-14(11-15)18(20)21/h4-11H,1-3H3. The van der Waals surface area contributed by atoms with E-state index >= 15 is 0 Å². The molecule has 0 saturated heterocycles. The van der Waals surface area contributed by atoms with E-state index in [0.29, 0.717) is 5.56 Å². The number of carbonyl (C=O) groups is 1. The van der Waals surface area contributed by atoms with E-state index in [2.05, 4.69) is 20.8 Å². The number of hydrogen-bond donors (Lipinski definition) is 0. The fraction of sp³-hybridized carbons (Fsp3) is 0.235. The highest BCUT2D eigenvalue weighted by Gasteiger charge is 2.15. The molecule has 5 nitrogen and oxygen atoms in total. The van der Waals surface area contributed by atoms with Crippen molar-refractivity contribution in [3.05, 3.63) is 69.8 Å². The van der Waals surface area contributed by atoms with Crippen LogP contribution in [0.2, 0.25) is 0 Å². The van der Waals surface area contributed by atoms with Crippen molar-refractivity contribution >= 4 is 11.7 Å². The molecule has 0 radical (unpaired) electrons. The van der Waals surface area contributed by atoms with Crippen LogP contribution in [0, 0.1) is 10.1 Å². The molecule has 0 aliphatic carbocycles. The number of esters is 1. The summed E-state index contributed by atoms with van der Waals surface area (Å²) in [5.41, 5.74) is 1.40. The Balaban J connectivity index is 2.15. The van der Waals surface area contributed by atoms with Crippen LogP contribution in [0.3, 0.4) is 0 Å². The molecule has 0 fully saturated rings. The van der Waals surface area contributed by atoms with Gasteiger partial charge in [-0.15, -0.1) is 0 Å². The Morgan fingerprint density at radius 1 is 1.09 bits per heavy atom. The third-order valence-electron chi connectivity index (χ3n) is 3.23. The lowest BCUT2D eigenvalue weighted by atomic mass is 9.87. The predicted octanol–water partition coefficient (Wildman–Crippen LogP) is 4.11. The van der Waals surface area contributed by atoms with Crippen LogP contribution in [0.5, 0.6) is 5.75 Å². The summed E-state index contributed by atoms with van der Waals surface area (Å²) in [5, 5.41) is 10.7. The van der Waals surface area contributed by atoms with Gasteiger partial charge in [0.05, 0.1) is 16.6 Å². The third-order valence-corrected chi connectivity index (χ3v) is 3.23. The van der Waals surface area contributed by atoms with Crippen LogP contribution >= 0.6 is 0 Å². The van der Waals surface area contributed by atoms with E-state index in [1.165, 1.54) is 24.3 Å². The first kappa shape index (κ1) is 15.7. The number of benzene rings is 2. The first-order valence-corrected chi connectivity index (χ1v) is 6.84. The molecule has 0 aromatic heterocycles. The van der Waals surface area contributed by atoms with E-state index in [1.54, 1.807) is 12.1 Å². The summed E-state index contributed by atoms with van der Waals surface area (Å²) in [4.78, 5) is 22.2. The molecule has 0 N–H and O–H groups in total. The SMILES string of the molecule is CC(C)(C)c1ccc(C(=O)Oc2cccc([N+](=O)[O-])c2)cc1. The number of hydrogen-bond acceptors (Lipinski definition) is 4. The maximum atomic E-state index is 12.1. The Hall–Kier alpha value is -2.69. The predicted molar refractivity (Wildman–Crippen MR) is 83.2 cm³/mol. The Kier molecular flexibility index (Phi) is 4.26. The van der Waals surface area contributed by atoms with Crippen molar-refractivity contribution in [2.45, 2.75) is 26.2 Å². The fourth-order valence-electron chi connectivity index (χ4n) is 1.93. The second kappa shape index (κ2) is 5.97. The molecule has 2 rings (SSSR count). The van der Waals surface area contributed by atoms with Gasteiger partial charge in [0.25, 0.3) is 5.69 Å². The summed E-state index contributed by atoms with van der Waals surface area (Å²) in [6, 6.07) is 12.7. The number of carbonyl (C=O) groups excluding carboxylic acids is 1. The Bertz CT molecular complexity index is 699. The van der Waals surface area contributed by atoms with Crippen molar-refractivity contribution in [2.24, 2.45) is 0 Å². The molecular formula is C17H17NO4. The molecule has 0 unspecified atom stereocenters. The zero-order chi connectivity index (χ0) is 16.3. The lowest BCUT2D eigenvalue weighted by Gasteiger charge is -2.18. The monoisotopic (exact) mass is 299 g/mol. The topological polar surface area (TPSA) is 69.4 Å². The molecule has 0 bridgehead atoms. The van der Waals surface area contributed by atoms with E-state index in [1.807, 2.05) is 12.1 Å². The minimum absolute atomic E-state index is 0.00246. The largest absolute Gasteiger partial charge is 0.423 e. The van der Waals surface area contributed by atoms with Crippen LogP contribution in [-0.4, -0.2) is 10.9 Å². The van der Waals surface area contributed by atoms with Crippen LogP contribution in [0.1, 0.15) is 36.7 Å². The van der Waals surface area contributed by atoms with E-state index < -0.39 is 10.9 Å². The van der Waals surface area contributed by atoms with Crippen molar-refractivity contribution < 1.29 is 14.5 Å². The van der Waals surface area contributed by atoms with Gasteiger partial charge in [-0.1, -0.05) is 39.0 Å². The number of nitro groups is 1. The molecule has 5 heteroatoms. The Morgan fingerprint density at radius 2 is 1.73 bits per heavy atom. The minimum atomic E-state index is -0.541. The van der Waals surface area contributed by atoms with Gasteiger partial charge in [-0.25, -0.2) is 4.79 Å². The summed E-state index contributed by atoms with van der Waals surface area (Å²) < 4.78 is 5.17. The third kappa shape index (κ3) is 3.69. The van der Waals surface area contributed by atoms with Crippen LogP contribution in [0.15, 0.2) is 48.5 Å².